The van der Waals surface area contributed by atoms with Crippen LogP contribution in [0.4, 0.5) is 4.39 Å². The van der Waals surface area contributed by atoms with Crippen molar-refractivity contribution in [1.82, 2.24) is 9.62 Å². The molecule has 0 saturated carbocycles. The number of carboxylic acid groups (broad SMARTS) is 1. The van der Waals surface area contributed by atoms with Crippen LogP contribution in [0.2, 0.25) is 0 Å². The molecule has 2 unspecified atom stereocenters. The van der Waals surface area contributed by atoms with Crippen LogP contribution in [0.1, 0.15) is 26.2 Å². The van der Waals surface area contributed by atoms with E-state index in [0.717, 1.165) is 12.1 Å². The number of hydrogen-bond donors (Lipinski definition) is 2. The Bertz CT molecular complexity index is 751. The van der Waals surface area contributed by atoms with Crippen molar-refractivity contribution in [2.75, 3.05) is 19.6 Å². The molecule has 144 valence electrons. The Morgan fingerprint density at radius 2 is 2.00 bits per heavy atom. The van der Waals surface area contributed by atoms with E-state index in [1.165, 1.54) is 16.4 Å². The number of halogens is 1. The van der Waals surface area contributed by atoms with Gasteiger partial charge in [0.2, 0.25) is 15.9 Å². The lowest BCUT2D eigenvalue weighted by molar-refractivity contribution is -0.138. The van der Waals surface area contributed by atoms with Crippen LogP contribution in [0.15, 0.2) is 29.2 Å². The zero-order valence-corrected chi connectivity index (χ0v) is 15.3. The van der Waals surface area contributed by atoms with Crippen molar-refractivity contribution >= 4 is 21.9 Å². The second-order valence-corrected chi connectivity index (χ2v) is 8.54. The smallest absolute Gasteiger partial charge is 0.303 e. The summed E-state index contributed by atoms with van der Waals surface area (Å²) in [7, 11) is -3.78. The van der Waals surface area contributed by atoms with E-state index in [1.807, 2.05) is 0 Å². The summed E-state index contributed by atoms with van der Waals surface area (Å²) in [5.74, 6) is -2.42. The molecule has 0 aromatic heterocycles. The van der Waals surface area contributed by atoms with Gasteiger partial charge in [0.25, 0.3) is 0 Å². The van der Waals surface area contributed by atoms with E-state index in [9.17, 15) is 22.4 Å². The molecule has 26 heavy (non-hydrogen) atoms. The van der Waals surface area contributed by atoms with Gasteiger partial charge < -0.3 is 10.4 Å². The van der Waals surface area contributed by atoms with Gasteiger partial charge in [0.05, 0.1) is 10.8 Å². The SMILES string of the molecule is CC(CNC(=O)C1CCCN(S(=O)(=O)c2ccc(F)cc2)C1)CC(=O)O. The number of piperidine rings is 1. The van der Waals surface area contributed by atoms with Gasteiger partial charge in [-0.1, -0.05) is 6.92 Å². The summed E-state index contributed by atoms with van der Waals surface area (Å²) in [4.78, 5) is 23.0. The fourth-order valence-corrected chi connectivity index (χ4v) is 4.44. The summed E-state index contributed by atoms with van der Waals surface area (Å²) in [6.07, 6.45) is 1.06. The number of amides is 1. The van der Waals surface area contributed by atoms with E-state index in [0.29, 0.717) is 19.4 Å². The highest BCUT2D eigenvalue weighted by Gasteiger charge is 2.33. The molecule has 2 rings (SSSR count). The van der Waals surface area contributed by atoms with E-state index < -0.39 is 27.7 Å². The molecular formula is C17H23FN2O5S. The average molecular weight is 386 g/mol. The summed E-state index contributed by atoms with van der Waals surface area (Å²) < 4.78 is 39.6. The van der Waals surface area contributed by atoms with E-state index in [-0.39, 0.29) is 36.2 Å². The monoisotopic (exact) mass is 386 g/mol. The fourth-order valence-electron chi connectivity index (χ4n) is 2.92. The molecule has 0 radical (unpaired) electrons. The standard InChI is InChI=1S/C17H23FN2O5S/c1-12(9-16(21)22)10-19-17(23)13-3-2-8-20(11-13)26(24,25)15-6-4-14(18)5-7-15/h4-7,12-13H,2-3,8-11H2,1H3,(H,19,23)(H,21,22). The molecule has 0 spiro atoms. The Kier molecular flexibility index (Phi) is 6.71. The highest BCUT2D eigenvalue weighted by Crippen LogP contribution is 2.24. The minimum Gasteiger partial charge on any atom is -0.481 e. The van der Waals surface area contributed by atoms with Gasteiger partial charge in [0.1, 0.15) is 5.82 Å². The van der Waals surface area contributed by atoms with Crippen LogP contribution in [-0.4, -0.2) is 49.3 Å². The Morgan fingerprint density at radius 3 is 2.62 bits per heavy atom. The molecule has 7 nitrogen and oxygen atoms in total. The van der Waals surface area contributed by atoms with Crippen molar-refractivity contribution in [2.45, 2.75) is 31.1 Å². The van der Waals surface area contributed by atoms with Crippen molar-refractivity contribution in [2.24, 2.45) is 11.8 Å². The van der Waals surface area contributed by atoms with E-state index in [4.69, 9.17) is 5.11 Å². The molecule has 2 N–H and O–H groups in total. The number of hydrogen-bond acceptors (Lipinski definition) is 4. The first-order valence-electron chi connectivity index (χ1n) is 8.45. The first-order chi connectivity index (χ1) is 12.2. The number of carbonyl (C=O) groups is 2. The van der Waals surface area contributed by atoms with Crippen LogP contribution in [0.5, 0.6) is 0 Å². The van der Waals surface area contributed by atoms with Gasteiger partial charge in [-0.05, 0) is 43.0 Å². The largest absolute Gasteiger partial charge is 0.481 e. The van der Waals surface area contributed by atoms with E-state index in [2.05, 4.69) is 5.32 Å². The predicted molar refractivity (Wildman–Crippen MR) is 92.3 cm³/mol. The molecule has 0 aliphatic carbocycles. The summed E-state index contributed by atoms with van der Waals surface area (Å²) in [5, 5.41) is 11.4. The minimum absolute atomic E-state index is 0.00459. The lowest BCUT2D eigenvalue weighted by Gasteiger charge is -2.31. The molecule has 1 saturated heterocycles. The third-order valence-corrected chi connectivity index (χ3v) is 6.23. The van der Waals surface area contributed by atoms with Crippen LogP contribution in [-0.2, 0) is 19.6 Å². The highest BCUT2D eigenvalue weighted by molar-refractivity contribution is 7.89. The van der Waals surface area contributed by atoms with E-state index >= 15 is 0 Å². The lowest BCUT2D eigenvalue weighted by atomic mass is 9.98. The van der Waals surface area contributed by atoms with Gasteiger partial charge in [-0.25, -0.2) is 12.8 Å². The first kappa shape index (κ1) is 20.3. The molecule has 1 aliphatic rings. The fraction of sp³-hybridized carbons (Fsp3) is 0.529. The second-order valence-electron chi connectivity index (χ2n) is 6.60. The third-order valence-electron chi connectivity index (χ3n) is 4.35. The number of benzene rings is 1. The summed E-state index contributed by atoms with van der Waals surface area (Å²) in [5.41, 5.74) is 0. The van der Waals surface area contributed by atoms with Crippen LogP contribution < -0.4 is 5.32 Å². The second kappa shape index (κ2) is 8.59. The first-order valence-corrected chi connectivity index (χ1v) is 9.89. The van der Waals surface area contributed by atoms with Crippen molar-refractivity contribution in [1.29, 1.82) is 0 Å². The minimum atomic E-state index is -3.78. The summed E-state index contributed by atoms with van der Waals surface area (Å²) in [6, 6.07) is 4.60. The topological polar surface area (TPSA) is 104 Å². The number of aliphatic carboxylic acids is 1. The maximum Gasteiger partial charge on any atom is 0.303 e. The summed E-state index contributed by atoms with van der Waals surface area (Å²) in [6.45, 7) is 2.31. The molecule has 1 aromatic carbocycles. The molecule has 1 aromatic rings. The predicted octanol–water partition coefficient (Wildman–Crippen LogP) is 1.45. The number of carbonyl (C=O) groups excluding carboxylic acids is 1. The molecule has 2 atom stereocenters. The Hall–Kier alpha value is -2.00. The average Bonchev–Trinajstić information content (AvgIpc) is 2.59. The zero-order chi connectivity index (χ0) is 19.3. The molecule has 9 heteroatoms. The Labute approximate surface area is 152 Å². The molecule has 0 bridgehead atoms. The van der Waals surface area contributed by atoms with Crippen molar-refractivity contribution in [3.63, 3.8) is 0 Å². The normalized spacial score (nSPS) is 19.7. The number of nitrogens with zero attached hydrogens (tertiary/aromatic N) is 1. The van der Waals surface area contributed by atoms with Gasteiger partial charge in [-0.2, -0.15) is 4.31 Å². The summed E-state index contributed by atoms with van der Waals surface area (Å²) >= 11 is 0. The highest BCUT2D eigenvalue weighted by atomic mass is 32.2. The molecule has 1 amide bonds. The maximum atomic E-state index is 13.0. The van der Waals surface area contributed by atoms with Crippen LogP contribution in [0.25, 0.3) is 0 Å². The lowest BCUT2D eigenvalue weighted by Crippen LogP contribution is -2.46. The Balaban J connectivity index is 1.98. The van der Waals surface area contributed by atoms with Crippen molar-refractivity contribution in [3.05, 3.63) is 30.1 Å². The van der Waals surface area contributed by atoms with Crippen LogP contribution in [0, 0.1) is 17.7 Å². The van der Waals surface area contributed by atoms with Crippen molar-refractivity contribution < 1.29 is 27.5 Å². The zero-order valence-electron chi connectivity index (χ0n) is 14.5. The van der Waals surface area contributed by atoms with Gasteiger partial charge in [-0.3, -0.25) is 9.59 Å². The number of rotatable bonds is 7. The molecule has 1 aliphatic heterocycles. The van der Waals surface area contributed by atoms with Crippen LogP contribution in [0.3, 0.4) is 0 Å². The van der Waals surface area contributed by atoms with Crippen LogP contribution >= 0.6 is 0 Å². The maximum absolute atomic E-state index is 13.0. The number of nitrogens with one attached hydrogen (secondary N) is 1. The van der Waals surface area contributed by atoms with Crippen molar-refractivity contribution in [3.8, 4) is 0 Å². The van der Waals surface area contributed by atoms with E-state index in [1.54, 1.807) is 6.92 Å². The third kappa shape index (κ3) is 5.25. The number of sulfonamides is 1. The molecule has 1 heterocycles. The molecule has 1 fully saturated rings. The van der Waals surface area contributed by atoms with Gasteiger partial charge >= 0.3 is 5.97 Å². The molecular weight excluding hydrogens is 363 g/mol. The quantitative estimate of drug-likeness (QED) is 0.738. The van der Waals surface area contributed by atoms with Gasteiger partial charge in [-0.15, -0.1) is 0 Å². The van der Waals surface area contributed by atoms with Gasteiger partial charge in [0.15, 0.2) is 0 Å². The number of carboxylic acids is 1. The van der Waals surface area contributed by atoms with Gasteiger partial charge in [0, 0.05) is 26.1 Å². The Morgan fingerprint density at radius 1 is 1.35 bits per heavy atom.